The molecule has 174 valence electrons. The van der Waals surface area contributed by atoms with E-state index in [0.29, 0.717) is 13.1 Å². The van der Waals surface area contributed by atoms with Gasteiger partial charge in [0.05, 0.1) is 4.88 Å². The first-order valence-corrected chi connectivity index (χ1v) is 12.4. The number of aryl methyl sites for hydroxylation is 1. The van der Waals surface area contributed by atoms with Crippen LogP contribution in [0.2, 0.25) is 0 Å². The Morgan fingerprint density at radius 3 is 2.68 bits per heavy atom. The molecule has 34 heavy (non-hydrogen) atoms. The van der Waals surface area contributed by atoms with Crippen LogP contribution in [0.3, 0.4) is 0 Å². The van der Waals surface area contributed by atoms with Crippen LogP contribution in [0.25, 0.3) is 32.2 Å². The highest BCUT2D eigenvalue weighted by Gasteiger charge is 2.26. The lowest BCUT2D eigenvalue weighted by Crippen LogP contribution is -2.41. The molecule has 0 aliphatic carbocycles. The van der Waals surface area contributed by atoms with Crippen molar-refractivity contribution in [2.45, 2.75) is 39.2 Å². The fraction of sp³-hybridized carbons (Fsp3) is 0.370. The Balaban J connectivity index is 1.28. The lowest BCUT2D eigenvalue weighted by molar-refractivity contribution is 0.0199. The summed E-state index contributed by atoms with van der Waals surface area (Å²) in [4.78, 5) is 24.3. The SMILES string of the molecule is Cn1ccc2c3cc(-c4cnc(C#CC5CCN(C(=O)OC(C)(C)C)CC5)s4)ccc3cnc21. The predicted octanol–water partition coefficient (Wildman–Crippen LogP) is 5.85. The lowest BCUT2D eigenvalue weighted by Gasteiger charge is -2.31. The molecule has 0 saturated carbocycles. The number of carbonyl (C=O) groups excluding carboxylic acids is 1. The van der Waals surface area contributed by atoms with Crippen molar-refractivity contribution < 1.29 is 9.53 Å². The summed E-state index contributed by atoms with van der Waals surface area (Å²) in [6, 6.07) is 8.58. The molecule has 0 spiro atoms. The monoisotopic (exact) mass is 472 g/mol. The number of carbonyl (C=O) groups is 1. The molecule has 3 aromatic heterocycles. The van der Waals surface area contributed by atoms with Crippen LogP contribution < -0.4 is 0 Å². The maximum absolute atomic E-state index is 12.2. The van der Waals surface area contributed by atoms with Crippen molar-refractivity contribution >= 4 is 39.2 Å². The summed E-state index contributed by atoms with van der Waals surface area (Å²) < 4.78 is 7.52. The highest BCUT2D eigenvalue weighted by molar-refractivity contribution is 7.15. The Morgan fingerprint density at radius 2 is 1.91 bits per heavy atom. The van der Waals surface area contributed by atoms with Gasteiger partial charge in [-0.2, -0.15) is 0 Å². The van der Waals surface area contributed by atoms with Gasteiger partial charge >= 0.3 is 6.09 Å². The van der Waals surface area contributed by atoms with E-state index in [0.717, 1.165) is 44.7 Å². The number of fused-ring (bicyclic) bond motifs is 3. The lowest BCUT2D eigenvalue weighted by atomic mass is 9.98. The number of rotatable bonds is 1. The van der Waals surface area contributed by atoms with E-state index in [-0.39, 0.29) is 12.0 Å². The van der Waals surface area contributed by atoms with Crippen molar-refractivity contribution in [3.63, 3.8) is 0 Å². The number of benzene rings is 1. The van der Waals surface area contributed by atoms with Gasteiger partial charge in [0.2, 0.25) is 0 Å². The highest BCUT2D eigenvalue weighted by atomic mass is 32.1. The Kier molecular flexibility index (Phi) is 5.78. The largest absolute Gasteiger partial charge is 0.444 e. The molecular formula is C27H28N4O2S. The van der Waals surface area contributed by atoms with Crippen LogP contribution in [-0.4, -0.2) is 44.2 Å². The molecule has 1 fully saturated rings. The number of pyridine rings is 1. The molecule has 1 amide bonds. The van der Waals surface area contributed by atoms with E-state index >= 15 is 0 Å². The van der Waals surface area contributed by atoms with E-state index in [4.69, 9.17) is 4.74 Å². The maximum Gasteiger partial charge on any atom is 0.410 e. The zero-order valence-corrected chi connectivity index (χ0v) is 20.8. The fourth-order valence-corrected chi connectivity index (χ4v) is 5.01. The average Bonchev–Trinajstić information content (AvgIpc) is 3.43. The molecule has 6 nitrogen and oxygen atoms in total. The maximum atomic E-state index is 12.2. The molecule has 7 heteroatoms. The van der Waals surface area contributed by atoms with Gasteiger partial charge in [-0.1, -0.05) is 18.1 Å². The quantitative estimate of drug-likeness (QED) is 0.326. The van der Waals surface area contributed by atoms with Gasteiger partial charge < -0.3 is 14.2 Å². The summed E-state index contributed by atoms with van der Waals surface area (Å²) in [6.45, 7) is 7.03. The molecule has 1 aliphatic rings. The van der Waals surface area contributed by atoms with Gasteiger partial charge in [-0.15, -0.1) is 11.3 Å². The number of ether oxygens (including phenoxy) is 1. The first-order valence-electron chi connectivity index (χ1n) is 11.6. The Bertz CT molecular complexity index is 1430. The van der Waals surface area contributed by atoms with Gasteiger partial charge in [0.25, 0.3) is 0 Å². The molecule has 0 atom stereocenters. The van der Waals surface area contributed by atoms with E-state index in [1.54, 1.807) is 16.2 Å². The van der Waals surface area contributed by atoms with Crippen LogP contribution in [0.15, 0.2) is 42.9 Å². The number of aromatic nitrogens is 3. The van der Waals surface area contributed by atoms with Gasteiger partial charge in [-0.25, -0.2) is 14.8 Å². The van der Waals surface area contributed by atoms with Crippen LogP contribution in [0, 0.1) is 17.8 Å². The molecule has 0 bridgehead atoms. The molecule has 4 heterocycles. The molecule has 1 saturated heterocycles. The minimum atomic E-state index is -0.467. The van der Waals surface area contributed by atoms with Crippen molar-refractivity contribution in [2.24, 2.45) is 13.0 Å². The third-order valence-corrected chi connectivity index (χ3v) is 6.99. The third-order valence-electron chi connectivity index (χ3n) is 6.03. The fourth-order valence-electron chi connectivity index (χ4n) is 4.24. The third kappa shape index (κ3) is 4.64. The number of likely N-dealkylation sites (tertiary alicyclic amines) is 1. The summed E-state index contributed by atoms with van der Waals surface area (Å²) in [5.41, 5.74) is 1.66. The topological polar surface area (TPSA) is 60.2 Å². The standard InChI is InChI=1S/C27H28N4O2S/c1-27(2,3)33-26(32)31-13-9-18(10-14-31)5-8-24-28-17-23(34-24)19-6-7-20-16-29-25-21(22(20)15-19)11-12-30(25)4/h6-7,11-12,15-18H,9-10,13-14H2,1-4H3. The zero-order valence-electron chi connectivity index (χ0n) is 20.0. The summed E-state index contributed by atoms with van der Waals surface area (Å²) in [6.07, 6.45) is 7.36. The number of hydrogen-bond donors (Lipinski definition) is 0. The molecule has 4 aromatic rings. The van der Waals surface area contributed by atoms with E-state index in [1.165, 1.54) is 5.39 Å². The second-order valence-corrected chi connectivity index (χ2v) is 10.8. The van der Waals surface area contributed by atoms with Crippen molar-refractivity contribution in [1.82, 2.24) is 19.4 Å². The van der Waals surface area contributed by atoms with Gasteiger partial charge in [0.15, 0.2) is 5.01 Å². The van der Waals surface area contributed by atoms with Crippen molar-refractivity contribution in [3.05, 3.63) is 47.9 Å². The van der Waals surface area contributed by atoms with Crippen LogP contribution in [0.5, 0.6) is 0 Å². The first-order chi connectivity index (χ1) is 16.3. The zero-order chi connectivity index (χ0) is 23.9. The molecule has 1 aromatic carbocycles. The highest BCUT2D eigenvalue weighted by Crippen LogP contribution is 2.32. The minimum Gasteiger partial charge on any atom is -0.444 e. The van der Waals surface area contributed by atoms with Gasteiger partial charge in [-0.3, -0.25) is 0 Å². The van der Waals surface area contributed by atoms with Gasteiger partial charge in [0, 0.05) is 55.4 Å². The number of thiazole rings is 1. The summed E-state index contributed by atoms with van der Waals surface area (Å²) in [5.74, 6) is 6.91. The Labute approximate surface area is 203 Å². The summed E-state index contributed by atoms with van der Waals surface area (Å²) in [5, 5.41) is 4.30. The van der Waals surface area contributed by atoms with Crippen molar-refractivity contribution in [1.29, 1.82) is 0 Å². The van der Waals surface area contributed by atoms with Crippen LogP contribution in [-0.2, 0) is 11.8 Å². The van der Waals surface area contributed by atoms with Crippen LogP contribution >= 0.6 is 11.3 Å². The van der Waals surface area contributed by atoms with Gasteiger partial charge in [-0.05, 0) is 62.6 Å². The van der Waals surface area contributed by atoms with Crippen molar-refractivity contribution in [2.75, 3.05) is 13.1 Å². The second kappa shape index (κ2) is 8.77. The predicted molar refractivity (Wildman–Crippen MR) is 137 cm³/mol. The molecular weight excluding hydrogens is 444 g/mol. The molecule has 1 aliphatic heterocycles. The summed E-state index contributed by atoms with van der Waals surface area (Å²) >= 11 is 1.62. The molecule has 0 unspecified atom stereocenters. The number of hydrogen-bond acceptors (Lipinski definition) is 5. The Hall–Kier alpha value is -3.37. The molecule has 0 N–H and O–H groups in total. The smallest absolute Gasteiger partial charge is 0.410 e. The van der Waals surface area contributed by atoms with E-state index in [1.807, 2.05) is 51.0 Å². The second-order valence-electron chi connectivity index (χ2n) is 9.76. The minimum absolute atomic E-state index is 0.234. The average molecular weight is 473 g/mol. The Morgan fingerprint density at radius 1 is 1.12 bits per heavy atom. The van der Waals surface area contributed by atoms with E-state index in [2.05, 4.69) is 46.1 Å². The van der Waals surface area contributed by atoms with E-state index in [9.17, 15) is 4.79 Å². The normalized spacial score (nSPS) is 14.9. The van der Waals surface area contributed by atoms with E-state index < -0.39 is 5.60 Å². The van der Waals surface area contributed by atoms with Crippen LogP contribution in [0.1, 0.15) is 38.6 Å². The number of nitrogens with zero attached hydrogens (tertiary/aromatic N) is 4. The van der Waals surface area contributed by atoms with Gasteiger partial charge in [0.1, 0.15) is 11.2 Å². The first kappa shape index (κ1) is 22.4. The summed E-state index contributed by atoms with van der Waals surface area (Å²) in [7, 11) is 2.01. The number of piperidine rings is 1. The number of amides is 1. The molecule has 5 rings (SSSR count). The molecule has 0 radical (unpaired) electrons. The van der Waals surface area contributed by atoms with Crippen molar-refractivity contribution in [3.8, 4) is 22.3 Å². The van der Waals surface area contributed by atoms with Crippen LogP contribution in [0.4, 0.5) is 4.79 Å².